The molecule has 3 nitrogen and oxygen atoms in total. The molecular formula is C13H19NO2. The third-order valence-electron chi connectivity index (χ3n) is 2.37. The monoisotopic (exact) mass is 221 g/mol. The van der Waals surface area contributed by atoms with Gasteiger partial charge < -0.3 is 10.2 Å². The van der Waals surface area contributed by atoms with Crippen molar-refractivity contribution >= 4 is 0 Å². The Labute approximate surface area is 97.3 Å². The van der Waals surface area contributed by atoms with E-state index in [2.05, 4.69) is 7.05 Å². The van der Waals surface area contributed by atoms with E-state index >= 15 is 0 Å². The lowest BCUT2D eigenvalue weighted by Gasteiger charge is -2.02. The van der Waals surface area contributed by atoms with Crippen molar-refractivity contribution in [3.63, 3.8) is 0 Å². The van der Waals surface area contributed by atoms with Gasteiger partial charge in [-0.25, -0.2) is 0 Å². The van der Waals surface area contributed by atoms with Crippen molar-refractivity contribution in [3.05, 3.63) is 49.4 Å². The van der Waals surface area contributed by atoms with Crippen molar-refractivity contribution in [1.82, 2.24) is 4.90 Å². The molecule has 1 unspecified atom stereocenters. The normalized spacial score (nSPS) is 20.3. The van der Waals surface area contributed by atoms with Crippen LogP contribution in [0.5, 0.6) is 0 Å². The lowest BCUT2D eigenvalue weighted by molar-refractivity contribution is 0.185. The lowest BCUT2D eigenvalue weighted by Crippen LogP contribution is -2.13. The summed E-state index contributed by atoms with van der Waals surface area (Å²) in [5.41, 5.74) is 1.07. The zero-order valence-corrected chi connectivity index (χ0v) is 9.42. The minimum absolute atomic E-state index is 0.113. The van der Waals surface area contributed by atoms with E-state index in [-0.39, 0.29) is 12.7 Å². The predicted octanol–water partition coefficient (Wildman–Crippen LogP) is 1.08. The van der Waals surface area contributed by atoms with Crippen LogP contribution in [0.15, 0.2) is 30.3 Å². The number of β-amino-alcohol motifs (C(OH)–C–C–N with tert-alkyl or cyclic N) is 1. The number of aliphatic hydroxyl groups is 2. The summed E-state index contributed by atoms with van der Waals surface area (Å²) >= 11 is 0. The van der Waals surface area contributed by atoms with Gasteiger partial charge in [-0.1, -0.05) is 30.3 Å². The molecule has 0 aliphatic carbocycles. The first kappa shape index (κ1) is 13.2. The van der Waals surface area contributed by atoms with Crippen LogP contribution in [-0.2, 0) is 0 Å². The molecule has 1 fully saturated rings. The molecule has 2 rings (SSSR count). The average Bonchev–Trinajstić information content (AvgIpc) is 2.65. The smallest absolute Gasteiger partial charge is 0.0679 e. The molecule has 0 bridgehead atoms. The van der Waals surface area contributed by atoms with Crippen LogP contribution < -0.4 is 0 Å². The van der Waals surface area contributed by atoms with Crippen LogP contribution in [0.2, 0.25) is 0 Å². The van der Waals surface area contributed by atoms with Gasteiger partial charge in [0.1, 0.15) is 0 Å². The zero-order chi connectivity index (χ0) is 11.8. The maximum absolute atomic E-state index is 8.82. The highest BCUT2D eigenvalue weighted by Gasteiger charge is 2.15. The maximum atomic E-state index is 8.82. The maximum Gasteiger partial charge on any atom is 0.0679 e. The Hall–Kier alpha value is -0.900. The van der Waals surface area contributed by atoms with Gasteiger partial charge in [0.2, 0.25) is 0 Å². The van der Waals surface area contributed by atoms with Gasteiger partial charge in [0, 0.05) is 26.6 Å². The van der Waals surface area contributed by atoms with Gasteiger partial charge in [-0.15, -0.1) is 0 Å². The van der Waals surface area contributed by atoms with Gasteiger partial charge >= 0.3 is 0 Å². The van der Waals surface area contributed by atoms with E-state index in [1.54, 1.807) is 6.42 Å². The highest BCUT2D eigenvalue weighted by Crippen LogP contribution is 2.05. The van der Waals surface area contributed by atoms with E-state index in [9.17, 15) is 0 Å². The number of benzene rings is 1. The van der Waals surface area contributed by atoms with Crippen molar-refractivity contribution in [2.45, 2.75) is 12.5 Å². The summed E-state index contributed by atoms with van der Waals surface area (Å²) in [7, 11) is 3.66. The Morgan fingerprint density at radius 2 is 2.06 bits per heavy atom. The minimum atomic E-state index is -0.113. The average molecular weight is 221 g/mol. The summed E-state index contributed by atoms with van der Waals surface area (Å²) in [5, 5.41) is 17.3. The van der Waals surface area contributed by atoms with Crippen LogP contribution >= 0.6 is 0 Å². The molecule has 0 spiro atoms. The molecule has 1 aromatic carbocycles. The molecule has 1 aromatic rings. The lowest BCUT2D eigenvalue weighted by atomic mass is 10.2. The Morgan fingerprint density at radius 1 is 1.38 bits per heavy atom. The van der Waals surface area contributed by atoms with Crippen LogP contribution in [-0.4, -0.2) is 40.9 Å². The summed E-state index contributed by atoms with van der Waals surface area (Å²) in [6.07, 6.45) is 2.54. The summed E-state index contributed by atoms with van der Waals surface area (Å²) in [5.74, 6) is 0. The molecule has 88 valence electrons. The quantitative estimate of drug-likeness (QED) is 0.785. The van der Waals surface area contributed by atoms with Gasteiger partial charge in [0.25, 0.3) is 0 Å². The molecule has 0 aromatic heterocycles. The van der Waals surface area contributed by atoms with Gasteiger partial charge in [-0.3, -0.25) is 4.90 Å². The Bertz CT molecular complexity index is 269. The number of aliphatic hydroxyl groups excluding tert-OH is 2. The summed E-state index contributed by atoms with van der Waals surface area (Å²) in [6.45, 7) is 1.81. The predicted molar refractivity (Wildman–Crippen MR) is 64.5 cm³/mol. The number of likely N-dealkylation sites (tertiary alicyclic amines) is 1. The Kier molecular flexibility index (Phi) is 6.08. The first-order valence-electron chi connectivity index (χ1n) is 5.45. The third kappa shape index (κ3) is 5.26. The van der Waals surface area contributed by atoms with E-state index in [0.29, 0.717) is 0 Å². The van der Waals surface area contributed by atoms with E-state index in [1.807, 2.05) is 35.2 Å². The van der Waals surface area contributed by atoms with Crippen molar-refractivity contribution in [1.29, 1.82) is 0 Å². The molecule has 2 radical (unpaired) electrons. The molecule has 1 saturated heterocycles. The van der Waals surface area contributed by atoms with Crippen LogP contribution in [0.1, 0.15) is 12.0 Å². The highest BCUT2D eigenvalue weighted by molar-refractivity contribution is 5.21. The number of rotatable bonds is 2. The first-order chi connectivity index (χ1) is 7.72. The summed E-state index contributed by atoms with van der Waals surface area (Å²) in [6, 6.07) is 9.75. The fourth-order valence-corrected chi connectivity index (χ4v) is 1.51. The van der Waals surface area contributed by atoms with E-state index in [4.69, 9.17) is 10.2 Å². The number of nitrogens with zero attached hydrogens (tertiary/aromatic N) is 1. The molecule has 1 atom stereocenters. The SMILES string of the molecule is OC[CH]c1ccccc1.[CH2]N1CCC(O)C1. The van der Waals surface area contributed by atoms with Crippen molar-refractivity contribution in [3.8, 4) is 0 Å². The molecular weight excluding hydrogens is 202 g/mol. The van der Waals surface area contributed by atoms with Crippen LogP contribution in [0.3, 0.4) is 0 Å². The van der Waals surface area contributed by atoms with Crippen molar-refractivity contribution in [2.75, 3.05) is 19.7 Å². The van der Waals surface area contributed by atoms with Crippen molar-refractivity contribution < 1.29 is 10.2 Å². The molecule has 16 heavy (non-hydrogen) atoms. The second kappa shape index (κ2) is 7.39. The van der Waals surface area contributed by atoms with E-state index in [1.165, 1.54) is 0 Å². The van der Waals surface area contributed by atoms with Crippen molar-refractivity contribution in [2.24, 2.45) is 0 Å². The van der Waals surface area contributed by atoms with E-state index in [0.717, 1.165) is 25.1 Å². The molecule has 1 aliphatic rings. The highest BCUT2D eigenvalue weighted by atomic mass is 16.3. The second-order valence-electron chi connectivity index (χ2n) is 3.82. The first-order valence-corrected chi connectivity index (χ1v) is 5.45. The third-order valence-corrected chi connectivity index (χ3v) is 2.37. The van der Waals surface area contributed by atoms with Gasteiger partial charge in [-0.2, -0.15) is 0 Å². The van der Waals surface area contributed by atoms with Crippen LogP contribution in [0.25, 0.3) is 0 Å². The Balaban J connectivity index is 0.000000165. The summed E-state index contributed by atoms with van der Waals surface area (Å²) in [4.78, 5) is 1.88. The number of hydrogen-bond donors (Lipinski definition) is 2. The Morgan fingerprint density at radius 3 is 2.44 bits per heavy atom. The van der Waals surface area contributed by atoms with Gasteiger partial charge in [-0.05, 0) is 12.0 Å². The minimum Gasteiger partial charge on any atom is -0.396 e. The fraction of sp³-hybridized carbons (Fsp3) is 0.385. The van der Waals surface area contributed by atoms with Crippen LogP contribution in [0.4, 0.5) is 0 Å². The van der Waals surface area contributed by atoms with Crippen LogP contribution in [0, 0.1) is 13.5 Å². The summed E-state index contributed by atoms with van der Waals surface area (Å²) < 4.78 is 0. The molecule has 2 N–H and O–H groups in total. The largest absolute Gasteiger partial charge is 0.396 e. The molecule has 1 heterocycles. The van der Waals surface area contributed by atoms with Gasteiger partial charge in [0.15, 0.2) is 0 Å². The molecule has 0 amide bonds. The van der Waals surface area contributed by atoms with E-state index < -0.39 is 0 Å². The fourth-order valence-electron chi connectivity index (χ4n) is 1.51. The molecule has 3 heteroatoms. The molecule has 1 aliphatic heterocycles. The van der Waals surface area contributed by atoms with Gasteiger partial charge in [0.05, 0.1) is 12.7 Å². The standard InChI is InChI=1S/C8H9O.C5H10NO/c9-7-6-8-4-2-1-3-5-8;1-6-3-2-5(7)4-6/h1-6,9H,7H2;5,7H,1-4H2. The second-order valence-corrected chi connectivity index (χ2v) is 3.82. The number of hydrogen-bond acceptors (Lipinski definition) is 3. The molecule has 0 saturated carbocycles. The topological polar surface area (TPSA) is 43.7 Å². The zero-order valence-electron chi connectivity index (χ0n) is 9.42.